The normalized spacial score (nSPS) is 15.6. The Morgan fingerprint density at radius 2 is 2.04 bits per heavy atom. The molecule has 5 nitrogen and oxygen atoms in total. The highest BCUT2D eigenvalue weighted by Gasteiger charge is 2.25. The number of nitrogens with zero attached hydrogens (tertiary/aromatic N) is 3. The molecule has 2 aromatic carbocycles. The molecule has 0 radical (unpaired) electrons. The zero-order valence-corrected chi connectivity index (χ0v) is 16.3. The number of hydrogen-bond acceptors (Lipinski definition) is 4. The van der Waals surface area contributed by atoms with Crippen LogP contribution in [0.2, 0.25) is 5.02 Å². The summed E-state index contributed by atoms with van der Waals surface area (Å²) in [5, 5.41) is 1.54. The van der Waals surface area contributed by atoms with Crippen molar-refractivity contribution in [1.82, 2.24) is 14.5 Å². The molecule has 1 aromatic heterocycles. The maximum atomic E-state index is 12.6. The number of halogens is 1. The lowest BCUT2D eigenvalue weighted by Gasteiger charge is -2.17. The predicted octanol–water partition coefficient (Wildman–Crippen LogP) is 4.18. The minimum atomic E-state index is -0.0695. The number of amides is 1. The van der Waals surface area contributed by atoms with Crippen LogP contribution in [0.15, 0.2) is 53.6 Å². The Kier molecular flexibility index (Phi) is 5.09. The van der Waals surface area contributed by atoms with Gasteiger partial charge in [-0.3, -0.25) is 4.79 Å². The van der Waals surface area contributed by atoms with Crippen LogP contribution in [0.25, 0.3) is 17.1 Å². The quantitative estimate of drug-likeness (QED) is 0.660. The Labute approximate surface area is 166 Å². The largest absolute Gasteiger partial charge is 0.484 e. The van der Waals surface area contributed by atoms with Crippen LogP contribution >= 0.6 is 23.4 Å². The zero-order valence-electron chi connectivity index (χ0n) is 14.8. The monoisotopic (exact) mass is 399 g/mol. The number of benzene rings is 2. The Bertz CT molecular complexity index is 1010. The molecule has 27 heavy (non-hydrogen) atoms. The fourth-order valence-electron chi connectivity index (χ4n) is 2.95. The van der Waals surface area contributed by atoms with E-state index in [0.717, 1.165) is 27.6 Å². The number of aryl methyl sites for hydroxylation is 1. The Morgan fingerprint density at radius 3 is 2.81 bits per heavy atom. The number of carbonyl (C=O) groups is 1. The number of ether oxygens (including phenoxy) is 1. The van der Waals surface area contributed by atoms with E-state index in [1.807, 2.05) is 42.0 Å². The van der Waals surface area contributed by atoms with Crippen molar-refractivity contribution in [2.75, 3.05) is 18.9 Å². The van der Waals surface area contributed by atoms with E-state index < -0.39 is 0 Å². The molecule has 1 fully saturated rings. The van der Waals surface area contributed by atoms with Crippen LogP contribution in [-0.2, 0) is 11.8 Å². The summed E-state index contributed by atoms with van der Waals surface area (Å²) in [4.78, 5) is 19.1. The third-order valence-electron chi connectivity index (χ3n) is 4.38. The van der Waals surface area contributed by atoms with Gasteiger partial charge in [-0.05, 0) is 36.4 Å². The van der Waals surface area contributed by atoms with E-state index in [0.29, 0.717) is 17.3 Å². The lowest BCUT2D eigenvalue weighted by atomic mass is 10.3. The van der Waals surface area contributed by atoms with E-state index in [2.05, 4.69) is 4.98 Å². The first-order valence-corrected chi connectivity index (χ1v) is 9.93. The zero-order chi connectivity index (χ0) is 18.8. The van der Waals surface area contributed by atoms with E-state index in [9.17, 15) is 4.79 Å². The van der Waals surface area contributed by atoms with Crippen molar-refractivity contribution >= 4 is 46.4 Å². The first-order valence-electron chi connectivity index (χ1n) is 8.56. The highest BCUT2D eigenvalue weighted by atomic mass is 35.5. The van der Waals surface area contributed by atoms with E-state index in [1.165, 1.54) is 0 Å². The lowest BCUT2D eigenvalue weighted by Crippen LogP contribution is -2.31. The van der Waals surface area contributed by atoms with Gasteiger partial charge in [-0.2, -0.15) is 0 Å². The summed E-state index contributed by atoms with van der Waals surface area (Å²) in [5.74, 6) is 2.25. The summed E-state index contributed by atoms with van der Waals surface area (Å²) in [7, 11) is 1.98. The van der Waals surface area contributed by atoms with Crippen LogP contribution in [0, 0.1) is 0 Å². The molecule has 1 saturated heterocycles. The van der Waals surface area contributed by atoms with Gasteiger partial charge in [-0.15, -0.1) is 11.8 Å². The highest BCUT2D eigenvalue weighted by molar-refractivity contribution is 8.03. The fourth-order valence-corrected chi connectivity index (χ4v) is 4.10. The van der Waals surface area contributed by atoms with Crippen molar-refractivity contribution < 1.29 is 9.53 Å². The second-order valence-electron chi connectivity index (χ2n) is 6.14. The van der Waals surface area contributed by atoms with E-state index in [1.54, 1.807) is 40.9 Å². The summed E-state index contributed by atoms with van der Waals surface area (Å²) >= 11 is 7.52. The Balaban J connectivity index is 1.50. The molecule has 0 saturated carbocycles. The fraction of sp³-hybridized carbons (Fsp3) is 0.200. The standard InChI is InChI=1S/C20H18ClN3O2S/c1-23-17-5-3-2-4-16(17)22-18(23)12-20-24(10-11-27-20)19(25)13-26-15-8-6-14(21)7-9-15/h2-9,12H,10-11,13H2,1H3/b20-12+. The maximum Gasteiger partial charge on any atom is 0.265 e. The van der Waals surface area contributed by atoms with Gasteiger partial charge in [-0.1, -0.05) is 23.7 Å². The van der Waals surface area contributed by atoms with Crippen molar-refractivity contribution in [3.8, 4) is 5.75 Å². The van der Waals surface area contributed by atoms with Gasteiger partial charge in [0.2, 0.25) is 0 Å². The second kappa shape index (κ2) is 7.66. The van der Waals surface area contributed by atoms with Crippen LogP contribution in [-0.4, -0.2) is 39.3 Å². The molecule has 2 heterocycles. The van der Waals surface area contributed by atoms with Gasteiger partial charge in [0.05, 0.1) is 16.1 Å². The summed E-state index contributed by atoms with van der Waals surface area (Å²) in [5.41, 5.74) is 2.01. The van der Waals surface area contributed by atoms with Gasteiger partial charge in [0, 0.05) is 30.4 Å². The Morgan fingerprint density at radius 1 is 1.26 bits per heavy atom. The van der Waals surface area contributed by atoms with Gasteiger partial charge in [-0.25, -0.2) is 4.98 Å². The molecule has 3 aromatic rings. The van der Waals surface area contributed by atoms with Crippen LogP contribution in [0.3, 0.4) is 0 Å². The predicted molar refractivity (Wildman–Crippen MR) is 110 cm³/mol. The van der Waals surface area contributed by atoms with Gasteiger partial charge >= 0.3 is 0 Å². The minimum Gasteiger partial charge on any atom is -0.484 e. The van der Waals surface area contributed by atoms with Gasteiger partial charge < -0.3 is 14.2 Å². The van der Waals surface area contributed by atoms with Crippen LogP contribution in [0.5, 0.6) is 5.75 Å². The van der Waals surface area contributed by atoms with Gasteiger partial charge in [0.15, 0.2) is 6.61 Å². The molecule has 0 spiro atoms. The first kappa shape index (κ1) is 17.9. The highest BCUT2D eigenvalue weighted by Crippen LogP contribution is 2.30. The van der Waals surface area contributed by atoms with Crippen molar-refractivity contribution in [1.29, 1.82) is 0 Å². The Hall–Kier alpha value is -2.44. The molecule has 0 N–H and O–H groups in total. The molecule has 0 bridgehead atoms. The number of aromatic nitrogens is 2. The van der Waals surface area contributed by atoms with Gasteiger partial charge in [0.25, 0.3) is 5.91 Å². The summed E-state index contributed by atoms with van der Waals surface area (Å²) < 4.78 is 7.63. The molecule has 7 heteroatoms. The number of hydrogen-bond donors (Lipinski definition) is 0. The SMILES string of the molecule is Cn1c(/C=C2/SCCN2C(=O)COc2ccc(Cl)cc2)nc2ccccc21. The van der Waals surface area contributed by atoms with Crippen molar-refractivity contribution in [2.45, 2.75) is 0 Å². The van der Waals surface area contributed by atoms with Crippen molar-refractivity contribution in [2.24, 2.45) is 7.05 Å². The number of thioether (sulfide) groups is 1. The third-order valence-corrected chi connectivity index (χ3v) is 5.65. The van der Waals surface area contributed by atoms with Crippen LogP contribution in [0.1, 0.15) is 5.82 Å². The number of fused-ring (bicyclic) bond motifs is 1. The molecular weight excluding hydrogens is 382 g/mol. The molecule has 0 atom stereocenters. The van der Waals surface area contributed by atoms with E-state index in [-0.39, 0.29) is 12.5 Å². The molecule has 1 amide bonds. The van der Waals surface area contributed by atoms with E-state index in [4.69, 9.17) is 16.3 Å². The molecule has 0 aliphatic carbocycles. The summed E-state index contributed by atoms with van der Waals surface area (Å²) in [6.45, 7) is 0.658. The topological polar surface area (TPSA) is 47.4 Å². The van der Waals surface area contributed by atoms with Crippen molar-refractivity contribution in [3.05, 3.63) is 64.4 Å². The number of imidazole rings is 1. The molecule has 4 rings (SSSR count). The molecule has 138 valence electrons. The molecule has 1 aliphatic heterocycles. The lowest BCUT2D eigenvalue weighted by molar-refractivity contribution is -0.130. The van der Waals surface area contributed by atoms with Crippen LogP contribution < -0.4 is 4.74 Å². The first-order chi connectivity index (χ1) is 13.1. The number of para-hydroxylation sites is 2. The van der Waals surface area contributed by atoms with E-state index >= 15 is 0 Å². The summed E-state index contributed by atoms with van der Waals surface area (Å²) in [6.07, 6.45) is 1.97. The number of rotatable bonds is 4. The average Bonchev–Trinajstić information content (AvgIpc) is 3.27. The van der Waals surface area contributed by atoms with Crippen LogP contribution in [0.4, 0.5) is 0 Å². The smallest absolute Gasteiger partial charge is 0.265 e. The molecule has 0 unspecified atom stereocenters. The summed E-state index contributed by atoms with van der Waals surface area (Å²) in [6, 6.07) is 15.0. The average molecular weight is 400 g/mol. The maximum absolute atomic E-state index is 12.6. The molecule has 1 aliphatic rings. The van der Waals surface area contributed by atoms with Gasteiger partial charge in [0.1, 0.15) is 11.6 Å². The minimum absolute atomic E-state index is 0.0118. The molecular formula is C20H18ClN3O2S. The second-order valence-corrected chi connectivity index (χ2v) is 7.69. The van der Waals surface area contributed by atoms with Crippen molar-refractivity contribution in [3.63, 3.8) is 0 Å². The number of carbonyl (C=O) groups excluding carboxylic acids is 1. The third kappa shape index (κ3) is 3.82.